The van der Waals surface area contributed by atoms with Crippen molar-refractivity contribution in [3.8, 4) is 11.5 Å². The van der Waals surface area contributed by atoms with Crippen LogP contribution in [0.25, 0.3) is 0 Å². The number of carbonyl (C=O) groups is 1. The molecule has 0 aliphatic carbocycles. The number of benzene rings is 2. The summed E-state index contributed by atoms with van der Waals surface area (Å²) in [5.41, 5.74) is 2.16. The molecule has 0 saturated carbocycles. The molecular weight excluding hydrogens is 460 g/mol. The summed E-state index contributed by atoms with van der Waals surface area (Å²) in [5, 5.41) is 2.85. The highest BCUT2D eigenvalue weighted by atomic mass is 79.9. The molecule has 0 fully saturated rings. The number of sulfonamides is 1. The molecule has 0 radical (unpaired) electrons. The van der Waals surface area contributed by atoms with Crippen LogP contribution in [0.3, 0.4) is 0 Å². The van der Waals surface area contributed by atoms with Gasteiger partial charge in [0.15, 0.2) is 11.5 Å². The van der Waals surface area contributed by atoms with Crippen molar-refractivity contribution in [2.45, 2.75) is 19.9 Å². The molecule has 29 heavy (non-hydrogen) atoms. The largest absolute Gasteiger partial charge is 0.486 e. The minimum absolute atomic E-state index is 0.311. The fraction of sp³-hybridized carbons (Fsp3) is 0.350. The van der Waals surface area contributed by atoms with Crippen molar-refractivity contribution in [1.82, 2.24) is 5.32 Å². The molecule has 2 aromatic carbocycles. The first-order valence-electron chi connectivity index (χ1n) is 9.08. The molecule has 1 aliphatic heterocycles. The van der Waals surface area contributed by atoms with Crippen LogP contribution in [0.1, 0.15) is 24.1 Å². The molecule has 0 bridgehead atoms. The van der Waals surface area contributed by atoms with Gasteiger partial charge < -0.3 is 14.8 Å². The standard InChI is InChI=1S/C20H23BrN2O5S/c1-13-10-16(5-6-17(13)21)23(29(3,25)26)12-20(24)22-14(2)15-4-7-18-19(11-15)28-9-8-27-18/h4-7,10-11,14H,8-9,12H2,1-3H3,(H,22,24). The van der Waals surface area contributed by atoms with Crippen molar-refractivity contribution in [1.29, 1.82) is 0 Å². The van der Waals surface area contributed by atoms with Crippen molar-refractivity contribution < 1.29 is 22.7 Å². The maximum atomic E-state index is 12.6. The number of rotatable bonds is 6. The van der Waals surface area contributed by atoms with Gasteiger partial charge in [0, 0.05) is 4.47 Å². The summed E-state index contributed by atoms with van der Waals surface area (Å²) >= 11 is 3.40. The number of halogens is 1. The van der Waals surface area contributed by atoms with Crippen molar-refractivity contribution in [3.63, 3.8) is 0 Å². The molecule has 1 unspecified atom stereocenters. The van der Waals surface area contributed by atoms with Crippen molar-refractivity contribution in [3.05, 3.63) is 52.0 Å². The Morgan fingerprint density at radius 2 is 1.86 bits per heavy atom. The Hall–Kier alpha value is -2.26. The molecule has 156 valence electrons. The van der Waals surface area contributed by atoms with Gasteiger partial charge in [-0.2, -0.15) is 0 Å². The average Bonchev–Trinajstić information content (AvgIpc) is 2.67. The maximum Gasteiger partial charge on any atom is 0.241 e. The monoisotopic (exact) mass is 482 g/mol. The van der Waals surface area contributed by atoms with Crippen LogP contribution in [0.15, 0.2) is 40.9 Å². The number of ether oxygens (including phenoxy) is 2. The molecule has 1 aliphatic rings. The van der Waals surface area contributed by atoms with E-state index in [1.165, 1.54) is 0 Å². The van der Waals surface area contributed by atoms with Gasteiger partial charge in [-0.15, -0.1) is 0 Å². The molecule has 7 nitrogen and oxygen atoms in total. The number of nitrogens with one attached hydrogen (secondary N) is 1. The van der Waals surface area contributed by atoms with E-state index in [0.717, 1.165) is 26.2 Å². The summed E-state index contributed by atoms with van der Waals surface area (Å²) in [5.74, 6) is 0.906. The zero-order valence-corrected chi connectivity index (χ0v) is 18.8. The van der Waals surface area contributed by atoms with Gasteiger partial charge in [0.25, 0.3) is 0 Å². The molecule has 3 rings (SSSR count). The van der Waals surface area contributed by atoms with Gasteiger partial charge in [-0.05, 0) is 55.3 Å². The van der Waals surface area contributed by atoms with E-state index in [2.05, 4.69) is 21.2 Å². The lowest BCUT2D eigenvalue weighted by Gasteiger charge is -2.24. The Bertz CT molecular complexity index is 1030. The van der Waals surface area contributed by atoms with Crippen molar-refractivity contribution in [2.75, 3.05) is 30.3 Å². The number of aryl methyl sites for hydroxylation is 1. The van der Waals surface area contributed by atoms with Gasteiger partial charge in [-0.1, -0.05) is 22.0 Å². The number of fused-ring (bicyclic) bond motifs is 1. The lowest BCUT2D eigenvalue weighted by molar-refractivity contribution is -0.120. The van der Waals surface area contributed by atoms with Gasteiger partial charge in [-0.25, -0.2) is 8.42 Å². The number of nitrogens with zero attached hydrogens (tertiary/aromatic N) is 1. The van der Waals surface area contributed by atoms with Crippen molar-refractivity contribution in [2.24, 2.45) is 0 Å². The molecule has 1 N–H and O–H groups in total. The third-order valence-corrected chi connectivity index (χ3v) is 6.59. The van der Waals surface area contributed by atoms with Crippen LogP contribution in [0.2, 0.25) is 0 Å². The van der Waals surface area contributed by atoms with Gasteiger partial charge in [0.2, 0.25) is 15.9 Å². The van der Waals surface area contributed by atoms with E-state index in [9.17, 15) is 13.2 Å². The second-order valence-electron chi connectivity index (χ2n) is 6.90. The highest BCUT2D eigenvalue weighted by Gasteiger charge is 2.23. The molecule has 0 aromatic heterocycles. The highest BCUT2D eigenvalue weighted by molar-refractivity contribution is 9.10. The van der Waals surface area contributed by atoms with Crippen LogP contribution >= 0.6 is 15.9 Å². The zero-order chi connectivity index (χ0) is 21.2. The van der Waals surface area contributed by atoms with Crippen LogP contribution in [-0.4, -0.2) is 40.3 Å². The minimum atomic E-state index is -3.63. The first-order valence-corrected chi connectivity index (χ1v) is 11.7. The summed E-state index contributed by atoms with van der Waals surface area (Å²) in [6.45, 7) is 4.37. The molecule has 9 heteroatoms. The number of anilines is 1. The highest BCUT2D eigenvalue weighted by Crippen LogP contribution is 2.32. The SMILES string of the molecule is Cc1cc(N(CC(=O)NC(C)c2ccc3c(c2)OCCO3)S(C)(=O)=O)ccc1Br. The molecule has 1 atom stereocenters. The van der Waals surface area contributed by atoms with Crippen LogP contribution in [0.5, 0.6) is 11.5 Å². The number of hydrogen-bond donors (Lipinski definition) is 1. The Morgan fingerprint density at radius 3 is 2.52 bits per heavy atom. The molecule has 2 aromatic rings. The Labute approximate surface area is 179 Å². The van der Waals surface area contributed by atoms with Crippen molar-refractivity contribution >= 4 is 37.5 Å². The van der Waals surface area contributed by atoms with Crippen LogP contribution < -0.4 is 19.1 Å². The van der Waals surface area contributed by atoms with E-state index in [0.29, 0.717) is 30.4 Å². The van der Waals surface area contributed by atoms with Gasteiger partial charge in [0.1, 0.15) is 19.8 Å². The smallest absolute Gasteiger partial charge is 0.241 e. The van der Waals surface area contributed by atoms with Gasteiger partial charge in [0.05, 0.1) is 18.0 Å². The Balaban J connectivity index is 1.74. The topological polar surface area (TPSA) is 84.9 Å². The minimum Gasteiger partial charge on any atom is -0.486 e. The van der Waals surface area contributed by atoms with E-state index in [1.807, 2.05) is 26.0 Å². The lowest BCUT2D eigenvalue weighted by atomic mass is 10.1. The molecule has 0 spiro atoms. The van der Waals surface area contributed by atoms with Gasteiger partial charge in [-0.3, -0.25) is 9.10 Å². The molecular formula is C20H23BrN2O5S. The lowest BCUT2D eigenvalue weighted by Crippen LogP contribution is -2.41. The normalized spacial score (nSPS) is 14.2. The van der Waals surface area contributed by atoms with E-state index < -0.39 is 15.9 Å². The number of hydrogen-bond acceptors (Lipinski definition) is 5. The third kappa shape index (κ3) is 5.22. The van der Waals surface area contributed by atoms with Gasteiger partial charge >= 0.3 is 0 Å². The fourth-order valence-electron chi connectivity index (χ4n) is 3.01. The predicted molar refractivity (Wildman–Crippen MR) is 115 cm³/mol. The second kappa shape index (κ2) is 8.62. The molecule has 1 amide bonds. The van der Waals surface area contributed by atoms with E-state index in [-0.39, 0.29) is 12.6 Å². The summed E-state index contributed by atoms with van der Waals surface area (Å²) in [4.78, 5) is 12.6. The Morgan fingerprint density at radius 1 is 1.17 bits per heavy atom. The first-order chi connectivity index (χ1) is 13.6. The summed E-state index contributed by atoms with van der Waals surface area (Å²) in [7, 11) is -3.63. The van der Waals surface area contributed by atoms with Crippen LogP contribution in [0, 0.1) is 6.92 Å². The Kier molecular flexibility index (Phi) is 6.38. The molecule has 1 heterocycles. The summed E-state index contributed by atoms with van der Waals surface area (Å²) in [6.07, 6.45) is 1.09. The van der Waals surface area contributed by atoms with E-state index >= 15 is 0 Å². The fourth-order valence-corrected chi connectivity index (χ4v) is 4.11. The van der Waals surface area contributed by atoms with E-state index in [1.54, 1.807) is 24.3 Å². The average molecular weight is 483 g/mol. The number of carbonyl (C=O) groups excluding carboxylic acids is 1. The molecule has 0 saturated heterocycles. The number of amides is 1. The zero-order valence-electron chi connectivity index (χ0n) is 16.4. The second-order valence-corrected chi connectivity index (χ2v) is 9.66. The summed E-state index contributed by atoms with van der Waals surface area (Å²) < 4.78 is 37.6. The quantitative estimate of drug-likeness (QED) is 0.683. The predicted octanol–water partition coefficient (Wildman–Crippen LogP) is 3.17. The summed E-state index contributed by atoms with van der Waals surface area (Å²) in [6, 6.07) is 10.3. The maximum absolute atomic E-state index is 12.6. The van der Waals surface area contributed by atoms with Crippen LogP contribution in [-0.2, 0) is 14.8 Å². The first kappa shape index (κ1) is 21.4. The van der Waals surface area contributed by atoms with E-state index in [4.69, 9.17) is 9.47 Å². The van der Waals surface area contributed by atoms with Crippen LogP contribution in [0.4, 0.5) is 5.69 Å². The third-order valence-electron chi connectivity index (χ3n) is 4.56.